The number of carbonyl (C=O) groups excluding carboxylic acids is 1. The molecule has 0 aliphatic carbocycles. The summed E-state index contributed by atoms with van der Waals surface area (Å²) in [6.07, 6.45) is 3.95. The minimum atomic E-state index is -0.520. The average molecular weight is 370 g/mol. The summed E-state index contributed by atoms with van der Waals surface area (Å²) in [6, 6.07) is 9.62. The minimum Gasteiger partial charge on any atom is -0.436 e. The molecule has 0 unspecified atom stereocenters. The first kappa shape index (κ1) is 19.5. The Bertz CT molecular complexity index is 799. The fourth-order valence-electron chi connectivity index (χ4n) is 4.32. The van der Waals surface area contributed by atoms with Gasteiger partial charge >= 0.3 is 0 Å². The molecule has 3 rings (SSSR count). The second-order valence-corrected chi connectivity index (χ2v) is 8.71. The van der Waals surface area contributed by atoms with Crippen molar-refractivity contribution < 1.29 is 13.9 Å². The van der Waals surface area contributed by atoms with Crippen molar-refractivity contribution in [1.82, 2.24) is 10.3 Å². The summed E-state index contributed by atoms with van der Waals surface area (Å²) in [7, 11) is 0. The lowest BCUT2D eigenvalue weighted by Crippen LogP contribution is -2.57. The first-order valence-electron chi connectivity index (χ1n) is 9.35. The first-order chi connectivity index (χ1) is 12.6. The van der Waals surface area contributed by atoms with E-state index < -0.39 is 5.82 Å². The van der Waals surface area contributed by atoms with E-state index in [1.165, 1.54) is 18.3 Å². The van der Waals surface area contributed by atoms with Crippen molar-refractivity contribution >= 4 is 5.78 Å². The molecule has 0 saturated carbocycles. The van der Waals surface area contributed by atoms with Crippen LogP contribution in [-0.4, -0.2) is 21.8 Å². The van der Waals surface area contributed by atoms with Crippen molar-refractivity contribution in [2.75, 3.05) is 0 Å². The van der Waals surface area contributed by atoms with E-state index in [-0.39, 0.29) is 22.7 Å². The molecule has 1 aromatic carbocycles. The van der Waals surface area contributed by atoms with Gasteiger partial charge in [-0.05, 0) is 82.9 Å². The Kier molecular flexibility index (Phi) is 5.33. The molecular weight excluding hydrogens is 343 g/mol. The number of Topliss-reactive ketones (excluding diaryl/α,β-unsaturated/α-hetero) is 1. The van der Waals surface area contributed by atoms with Crippen LogP contribution in [0, 0.1) is 11.7 Å². The molecule has 0 amide bonds. The maximum Gasteiger partial charge on any atom is 0.255 e. The van der Waals surface area contributed by atoms with Crippen molar-refractivity contribution in [3.63, 3.8) is 0 Å². The van der Waals surface area contributed by atoms with E-state index in [1.54, 1.807) is 24.3 Å². The van der Waals surface area contributed by atoms with E-state index in [9.17, 15) is 9.18 Å². The third-order valence-corrected chi connectivity index (χ3v) is 4.86. The Morgan fingerprint density at radius 1 is 1.15 bits per heavy atom. The SMILES string of the molecule is CC1(C)CC(CC(=O)c2ccc(Oc3ncccc3F)cc2)CC(C)(C)N1. The molecule has 1 aliphatic heterocycles. The van der Waals surface area contributed by atoms with Crippen molar-refractivity contribution in [1.29, 1.82) is 0 Å². The highest BCUT2D eigenvalue weighted by Gasteiger charge is 2.38. The lowest BCUT2D eigenvalue weighted by Gasteiger charge is -2.46. The number of ether oxygens (including phenoxy) is 1. The van der Waals surface area contributed by atoms with Gasteiger partial charge in [0.25, 0.3) is 5.88 Å². The van der Waals surface area contributed by atoms with Gasteiger partial charge in [0.2, 0.25) is 0 Å². The van der Waals surface area contributed by atoms with Gasteiger partial charge in [0.15, 0.2) is 11.6 Å². The first-order valence-corrected chi connectivity index (χ1v) is 9.35. The molecule has 1 saturated heterocycles. The Balaban J connectivity index is 1.65. The van der Waals surface area contributed by atoms with Crippen molar-refractivity contribution in [2.24, 2.45) is 5.92 Å². The van der Waals surface area contributed by atoms with Gasteiger partial charge in [-0.15, -0.1) is 0 Å². The molecular formula is C22H27FN2O2. The van der Waals surface area contributed by atoms with Crippen LogP contribution in [0.2, 0.25) is 0 Å². The Morgan fingerprint density at radius 3 is 2.37 bits per heavy atom. The van der Waals surface area contributed by atoms with Crippen molar-refractivity contribution in [2.45, 2.75) is 58.0 Å². The van der Waals surface area contributed by atoms with Crippen molar-refractivity contribution in [3.05, 3.63) is 54.0 Å². The number of piperidine rings is 1. The van der Waals surface area contributed by atoms with Crippen LogP contribution in [0.5, 0.6) is 11.6 Å². The van der Waals surface area contributed by atoms with E-state index in [1.807, 2.05) is 0 Å². The van der Waals surface area contributed by atoms with E-state index >= 15 is 0 Å². The highest BCUT2D eigenvalue weighted by molar-refractivity contribution is 5.96. The van der Waals surface area contributed by atoms with Gasteiger partial charge in [-0.3, -0.25) is 4.79 Å². The summed E-state index contributed by atoms with van der Waals surface area (Å²) in [5.74, 6) is 0.337. The fourth-order valence-corrected chi connectivity index (χ4v) is 4.32. The van der Waals surface area contributed by atoms with Gasteiger partial charge in [0.05, 0.1) is 0 Å². The topological polar surface area (TPSA) is 51.2 Å². The zero-order valence-electron chi connectivity index (χ0n) is 16.4. The number of rotatable bonds is 5. The average Bonchev–Trinajstić information content (AvgIpc) is 2.54. The van der Waals surface area contributed by atoms with Crippen LogP contribution < -0.4 is 10.1 Å². The number of benzene rings is 1. The number of nitrogens with zero attached hydrogens (tertiary/aromatic N) is 1. The zero-order valence-corrected chi connectivity index (χ0v) is 16.4. The number of nitrogens with one attached hydrogen (secondary N) is 1. The fraction of sp³-hybridized carbons (Fsp3) is 0.455. The molecule has 144 valence electrons. The number of carbonyl (C=O) groups is 1. The second kappa shape index (κ2) is 7.39. The van der Waals surface area contributed by atoms with Crippen LogP contribution in [-0.2, 0) is 0 Å². The normalized spacial score (nSPS) is 18.9. The minimum absolute atomic E-state index is 0.0250. The van der Waals surface area contributed by atoms with Gasteiger partial charge in [0, 0.05) is 29.3 Å². The predicted molar refractivity (Wildman–Crippen MR) is 104 cm³/mol. The Hall–Kier alpha value is -2.27. The quantitative estimate of drug-likeness (QED) is 0.740. The summed E-state index contributed by atoms with van der Waals surface area (Å²) >= 11 is 0. The number of ketones is 1. The van der Waals surface area contributed by atoms with Gasteiger partial charge in [-0.2, -0.15) is 0 Å². The van der Waals surface area contributed by atoms with Gasteiger partial charge in [-0.1, -0.05) is 0 Å². The van der Waals surface area contributed by atoms with Crippen molar-refractivity contribution in [3.8, 4) is 11.6 Å². The van der Waals surface area contributed by atoms with Crippen LogP contribution in [0.4, 0.5) is 4.39 Å². The summed E-state index contributed by atoms with van der Waals surface area (Å²) < 4.78 is 19.1. The molecule has 1 N–H and O–H groups in total. The van der Waals surface area contributed by atoms with Gasteiger partial charge < -0.3 is 10.1 Å². The van der Waals surface area contributed by atoms with Crippen LogP contribution in [0.1, 0.15) is 57.3 Å². The maximum absolute atomic E-state index is 13.6. The molecule has 1 fully saturated rings. The molecule has 2 heterocycles. The van der Waals surface area contributed by atoms with E-state index in [0.29, 0.717) is 23.7 Å². The number of hydrogen-bond acceptors (Lipinski definition) is 4. The van der Waals surface area contributed by atoms with Crippen LogP contribution in [0.15, 0.2) is 42.6 Å². The third-order valence-electron chi connectivity index (χ3n) is 4.86. The Morgan fingerprint density at radius 2 is 1.78 bits per heavy atom. The molecule has 2 aromatic rings. The molecule has 0 atom stereocenters. The maximum atomic E-state index is 13.6. The van der Waals surface area contributed by atoms with E-state index in [4.69, 9.17) is 4.74 Å². The lowest BCUT2D eigenvalue weighted by atomic mass is 9.74. The number of hydrogen-bond donors (Lipinski definition) is 1. The molecule has 1 aliphatic rings. The predicted octanol–water partition coefficient (Wildman–Crippen LogP) is 5.14. The summed E-state index contributed by atoms with van der Waals surface area (Å²) in [5.41, 5.74) is 0.701. The molecule has 0 radical (unpaired) electrons. The zero-order chi connectivity index (χ0) is 19.7. The molecule has 4 nitrogen and oxygen atoms in total. The number of aromatic nitrogens is 1. The van der Waals surface area contributed by atoms with Gasteiger partial charge in [0.1, 0.15) is 5.75 Å². The van der Waals surface area contributed by atoms with Crippen LogP contribution in [0.25, 0.3) is 0 Å². The monoisotopic (exact) mass is 370 g/mol. The Labute approximate surface area is 160 Å². The summed E-state index contributed by atoms with van der Waals surface area (Å²) in [4.78, 5) is 16.6. The molecule has 1 aromatic heterocycles. The molecule has 0 bridgehead atoms. The second-order valence-electron chi connectivity index (χ2n) is 8.71. The smallest absolute Gasteiger partial charge is 0.255 e. The van der Waals surface area contributed by atoms with E-state index in [0.717, 1.165) is 12.8 Å². The highest BCUT2D eigenvalue weighted by atomic mass is 19.1. The van der Waals surface area contributed by atoms with Gasteiger partial charge in [-0.25, -0.2) is 9.37 Å². The summed E-state index contributed by atoms with van der Waals surface area (Å²) in [5, 5.41) is 3.65. The number of pyridine rings is 1. The highest BCUT2D eigenvalue weighted by Crippen LogP contribution is 2.35. The standard InChI is InChI=1S/C22H27FN2O2/c1-21(2)13-15(14-22(3,4)25-21)12-19(26)16-7-9-17(10-8-16)27-20-18(23)6-5-11-24-20/h5-11,15,25H,12-14H2,1-4H3. The lowest BCUT2D eigenvalue weighted by molar-refractivity contribution is 0.0864. The van der Waals surface area contributed by atoms with Crippen LogP contribution >= 0.6 is 0 Å². The third kappa shape index (κ3) is 5.13. The molecule has 0 spiro atoms. The number of halogens is 1. The largest absolute Gasteiger partial charge is 0.436 e. The summed E-state index contributed by atoms with van der Waals surface area (Å²) in [6.45, 7) is 8.76. The van der Waals surface area contributed by atoms with E-state index in [2.05, 4.69) is 38.0 Å². The van der Waals surface area contributed by atoms with Crippen LogP contribution in [0.3, 0.4) is 0 Å². The molecule has 5 heteroatoms. The molecule has 27 heavy (non-hydrogen) atoms.